The molecule has 1 saturated carbocycles. The van der Waals surface area contributed by atoms with Crippen molar-refractivity contribution < 1.29 is 4.39 Å². The van der Waals surface area contributed by atoms with E-state index in [0.717, 1.165) is 12.8 Å². The lowest BCUT2D eigenvalue weighted by molar-refractivity contribution is 0.280. The van der Waals surface area contributed by atoms with Gasteiger partial charge in [-0.25, -0.2) is 4.39 Å². The van der Waals surface area contributed by atoms with Crippen LogP contribution in [0.25, 0.3) is 0 Å². The van der Waals surface area contributed by atoms with E-state index in [1.54, 1.807) is 12.1 Å². The molecular weight excluding hydrogens is 339 g/mol. The number of nitrogens with two attached hydrogens (primary N) is 1. The Morgan fingerprint density at radius 2 is 1.90 bits per heavy atom. The molecule has 1 aromatic carbocycles. The Morgan fingerprint density at radius 3 is 2.45 bits per heavy atom. The zero-order valence-corrected chi connectivity index (χ0v) is 14.2. The lowest BCUT2D eigenvalue weighted by Gasteiger charge is -2.32. The molecule has 0 saturated heterocycles. The lowest BCUT2D eigenvalue weighted by atomic mass is 9.80. The van der Waals surface area contributed by atoms with Crippen LogP contribution in [0.3, 0.4) is 0 Å². The Balaban J connectivity index is 2.18. The third kappa shape index (κ3) is 3.50. The molecule has 1 aromatic rings. The average molecular weight is 359 g/mol. The molecule has 0 amide bonds. The van der Waals surface area contributed by atoms with Gasteiger partial charge in [-0.2, -0.15) is 0 Å². The molecule has 0 radical (unpaired) electrons. The smallest absolute Gasteiger partial charge is 0.161 e. The van der Waals surface area contributed by atoms with Crippen LogP contribution in [0.4, 0.5) is 10.1 Å². The molecule has 0 spiro atoms. The van der Waals surface area contributed by atoms with Gasteiger partial charge in [0.05, 0.1) is 10.2 Å². The molecule has 1 aliphatic rings. The van der Waals surface area contributed by atoms with Crippen LogP contribution >= 0.6 is 28.1 Å². The van der Waals surface area contributed by atoms with Crippen LogP contribution in [0.2, 0.25) is 0 Å². The number of halogens is 2. The molecule has 2 rings (SSSR count). The summed E-state index contributed by atoms with van der Waals surface area (Å²) < 4.78 is 14.7. The zero-order chi connectivity index (χ0) is 14.9. The maximum Gasteiger partial charge on any atom is 0.161 e. The molecule has 0 aliphatic heterocycles. The fourth-order valence-electron chi connectivity index (χ4n) is 3.14. The van der Waals surface area contributed by atoms with E-state index in [4.69, 9.17) is 18.0 Å². The van der Waals surface area contributed by atoms with E-state index in [2.05, 4.69) is 35.1 Å². The number of thiocarbonyl (C=S) groups is 1. The van der Waals surface area contributed by atoms with Gasteiger partial charge in [0.25, 0.3) is 0 Å². The van der Waals surface area contributed by atoms with Gasteiger partial charge in [0.1, 0.15) is 4.99 Å². The molecule has 2 unspecified atom stereocenters. The fraction of sp³-hybridized carbons (Fsp3) is 0.533. The summed E-state index contributed by atoms with van der Waals surface area (Å²) in [6, 6.07) is 3.80. The van der Waals surface area contributed by atoms with Crippen molar-refractivity contribution >= 4 is 38.8 Å². The lowest BCUT2D eigenvalue weighted by Crippen LogP contribution is -2.30. The molecule has 1 fully saturated rings. The van der Waals surface area contributed by atoms with Crippen molar-refractivity contribution in [3.63, 3.8) is 0 Å². The Morgan fingerprint density at radius 1 is 1.30 bits per heavy atom. The maximum atomic E-state index is 14.3. The predicted octanol–water partition coefficient (Wildman–Crippen LogP) is 4.46. The van der Waals surface area contributed by atoms with Crippen molar-refractivity contribution in [3.05, 3.63) is 28.0 Å². The number of hydrogen-bond donors (Lipinski definition) is 2. The van der Waals surface area contributed by atoms with Gasteiger partial charge in [0.2, 0.25) is 0 Å². The molecule has 2 nitrogen and oxygen atoms in total. The van der Waals surface area contributed by atoms with Crippen molar-refractivity contribution in [2.45, 2.75) is 39.2 Å². The minimum absolute atomic E-state index is 0.197. The first-order valence-corrected chi connectivity index (χ1v) is 8.13. The van der Waals surface area contributed by atoms with Crippen molar-refractivity contribution in [2.75, 3.05) is 5.32 Å². The topological polar surface area (TPSA) is 38.0 Å². The molecule has 20 heavy (non-hydrogen) atoms. The van der Waals surface area contributed by atoms with Crippen molar-refractivity contribution in [1.82, 2.24) is 0 Å². The van der Waals surface area contributed by atoms with Gasteiger partial charge in [-0.05, 0) is 59.2 Å². The third-order valence-electron chi connectivity index (χ3n) is 3.89. The molecule has 110 valence electrons. The number of benzene rings is 1. The summed E-state index contributed by atoms with van der Waals surface area (Å²) in [5.41, 5.74) is 6.62. The standard InChI is InChI=1S/C15H20BrFN2S/c1-8-5-9(2)7-10(6-8)19-12-4-3-11(15(18)20)13(16)14(12)17/h3-4,8-10,19H,5-7H2,1-2H3,(H2,18,20). The molecule has 5 heteroatoms. The predicted molar refractivity (Wildman–Crippen MR) is 89.6 cm³/mol. The maximum absolute atomic E-state index is 14.3. The summed E-state index contributed by atoms with van der Waals surface area (Å²) in [4.78, 5) is 0.197. The van der Waals surface area contributed by atoms with Crippen molar-refractivity contribution in [1.29, 1.82) is 0 Å². The first kappa shape index (κ1) is 15.7. The molecular formula is C15H20BrFN2S. The van der Waals surface area contributed by atoms with Gasteiger partial charge >= 0.3 is 0 Å². The summed E-state index contributed by atoms with van der Waals surface area (Å²) in [6.45, 7) is 4.51. The van der Waals surface area contributed by atoms with Gasteiger partial charge in [0, 0.05) is 11.6 Å². The Labute approximate surface area is 133 Å². The minimum Gasteiger partial charge on any atom is -0.389 e. The van der Waals surface area contributed by atoms with Gasteiger partial charge in [-0.3, -0.25) is 0 Å². The molecule has 0 bridgehead atoms. The van der Waals surface area contributed by atoms with Gasteiger partial charge < -0.3 is 11.1 Å². The Bertz CT molecular complexity index is 511. The van der Waals surface area contributed by atoms with Crippen LogP contribution in [0.1, 0.15) is 38.7 Å². The summed E-state index contributed by atoms with van der Waals surface area (Å²) >= 11 is 8.14. The van der Waals surface area contributed by atoms with E-state index in [9.17, 15) is 4.39 Å². The van der Waals surface area contributed by atoms with Crippen LogP contribution in [-0.4, -0.2) is 11.0 Å². The van der Waals surface area contributed by atoms with Crippen molar-refractivity contribution in [3.8, 4) is 0 Å². The molecule has 3 N–H and O–H groups in total. The molecule has 2 atom stereocenters. The van der Waals surface area contributed by atoms with E-state index in [1.165, 1.54) is 6.42 Å². The van der Waals surface area contributed by atoms with E-state index < -0.39 is 0 Å². The number of nitrogens with one attached hydrogen (secondary N) is 1. The van der Waals surface area contributed by atoms with Crippen LogP contribution < -0.4 is 11.1 Å². The summed E-state index contributed by atoms with van der Waals surface area (Å²) in [5, 5.41) is 3.33. The number of hydrogen-bond acceptors (Lipinski definition) is 2. The largest absolute Gasteiger partial charge is 0.389 e. The fourth-order valence-corrected chi connectivity index (χ4v) is 4.00. The van der Waals surface area contributed by atoms with E-state index in [0.29, 0.717) is 33.6 Å². The second-order valence-electron chi connectivity index (χ2n) is 5.91. The van der Waals surface area contributed by atoms with Gasteiger partial charge in [0.15, 0.2) is 5.82 Å². The normalized spacial score (nSPS) is 26.3. The summed E-state index contributed by atoms with van der Waals surface area (Å²) in [7, 11) is 0. The summed E-state index contributed by atoms with van der Waals surface area (Å²) in [6.07, 6.45) is 3.42. The minimum atomic E-state index is -0.318. The van der Waals surface area contributed by atoms with Crippen LogP contribution in [-0.2, 0) is 0 Å². The Kier molecular flexibility index (Phi) is 5.02. The van der Waals surface area contributed by atoms with Crippen molar-refractivity contribution in [2.24, 2.45) is 17.6 Å². The SMILES string of the molecule is CC1CC(C)CC(Nc2ccc(C(N)=S)c(Br)c2F)C1. The Hall–Kier alpha value is -0.680. The molecule has 0 aromatic heterocycles. The van der Waals surface area contributed by atoms with E-state index in [-0.39, 0.29) is 10.8 Å². The highest BCUT2D eigenvalue weighted by Crippen LogP contribution is 2.33. The monoisotopic (exact) mass is 358 g/mol. The first-order chi connectivity index (χ1) is 9.38. The quantitative estimate of drug-likeness (QED) is 0.783. The second-order valence-corrected chi connectivity index (χ2v) is 7.14. The highest BCUT2D eigenvalue weighted by atomic mass is 79.9. The summed E-state index contributed by atoms with van der Waals surface area (Å²) in [5.74, 6) is 1.04. The van der Waals surface area contributed by atoms with Crippen LogP contribution in [0, 0.1) is 17.7 Å². The van der Waals surface area contributed by atoms with Crippen LogP contribution in [0.15, 0.2) is 16.6 Å². The number of anilines is 1. The number of rotatable bonds is 3. The van der Waals surface area contributed by atoms with E-state index in [1.807, 2.05) is 0 Å². The molecule has 0 heterocycles. The average Bonchev–Trinajstić information content (AvgIpc) is 2.33. The van der Waals surface area contributed by atoms with E-state index >= 15 is 0 Å². The first-order valence-electron chi connectivity index (χ1n) is 6.92. The highest BCUT2D eigenvalue weighted by molar-refractivity contribution is 9.10. The van der Waals surface area contributed by atoms with Gasteiger partial charge in [-0.15, -0.1) is 0 Å². The molecule has 1 aliphatic carbocycles. The highest BCUT2D eigenvalue weighted by Gasteiger charge is 2.25. The van der Waals surface area contributed by atoms with Crippen LogP contribution in [0.5, 0.6) is 0 Å². The second kappa shape index (κ2) is 6.39. The third-order valence-corrected chi connectivity index (χ3v) is 4.88. The zero-order valence-electron chi connectivity index (χ0n) is 11.7. The van der Waals surface area contributed by atoms with Gasteiger partial charge in [-0.1, -0.05) is 26.1 Å².